The first-order chi connectivity index (χ1) is 13.9. The Hall–Kier alpha value is -3.02. The van der Waals surface area contributed by atoms with Crippen LogP contribution in [-0.2, 0) is 9.59 Å². The van der Waals surface area contributed by atoms with E-state index in [1.54, 1.807) is 0 Å². The Morgan fingerprint density at radius 1 is 0.966 bits per heavy atom. The molecule has 1 heterocycles. The normalized spacial score (nSPS) is 14.1. The van der Waals surface area contributed by atoms with E-state index in [0.29, 0.717) is 18.8 Å². The van der Waals surface area contributed by atoms with E-state index in [0.717, 1.165) is 18.8 Å². The predicted octanol–water partition coefficient (Wildman–Crippen LogP) is 3.18. The fraction of sp³-hybridized carbons (Fsp3) is 0.391. The van der Waals surface area contributed by atoms with E-state index in [-0.39, 0.29) is 24.5 Å². The van der Waals surface area contributed by atoms with Crippen LogP contribution >= 0.6 is 0 Å². The largest absolute Gasteiger partial charge is 0.491 e. The molecule has 0 radical (unpaired) electrons. The van der Waals surface area contributed by atoms with Gasteiger partial charge in [0.2, 0.25) is 11.8 Å². The first-order valence-corrected chi connectivity index (χ1v) is 10.1. The fourth-order valence-corrected chi connectivity index (χ4v) is 3.45. The van der Waals surface area contributed by atoms with Gasteiger partial charge >= 0.3 is 0 Å². The zero-order valence-corrected chi connectivity index (χ0v) is 17.4. The van der Waals surface area contributed by atoms with Gasteiger partial charge in [-0.05, 0) is 50.2 Å². The van der Waals surface area contributed by atoms with Crippen molar-refractivity contribution >= 4 is 23.2 Å². The van der Waals surface area contributed by atoms with Crippen molar-refractivity contribution in [1.29, 1.82) is 0 Å². The van der Waals surface area contributed by atoms with Crippen molar-refractivity contribution in [1.82, 2.24) is 4.90 Å². The standard InChI is InChI=1S/C23H29N3O3/c1-18(2)29-22-11-9-21(10-12-22)26(19(3)27)17-23(28)25-15-13-24(14-16-25)20-7-5-4-6-8-20/h4-12,18H,13-17H2,1-3H3. The number of amides is 2. The number of ether oxygens (including phenoxy) is 1. The van der Waals surface area contributed by atoms with Crippen LogP contribution in [0.4, 0.5) is 11.4 Å². The summed E-state index contributed by atoms with van der Waals surface area (Å²) in [5, 5.41) is 0. The van der Waals surface area contributed by atoms with E-state index >= 15 is 0 Å². The molecule has 0 N–H and O–H groups in total. The van der Waals surface area contributed by atoms with E-state index in [9.17, 15) is 9.59 Å². The van der Waals surface area contributed by atoms with Crippen molar-refractivity contribution in [2.75, 3.05) is 42.5 Å². The Bertz CT molecular complexity index is 813. The van der Waals surface area contributed by atoms with Gasteiger partial charge in [0, 0.05) is 44.5 Å². The summed E-state index contributed by atoms with van der Waals surface area (Å²) in [6.45, 7) is 8.34. The van der Waals surface area contributed by atoms with E-state index in [1.165, 1.54) is 17.5 Å². The minimum atomic E-state index is -0.154. The van der Waals surface area contributed by atoms with Gasteiger partial charge in [-0.3, -0.25) is 9.59 Å². The summed E-state index contributed by atoms with van der Waals surface area (Å²) in [6.07, 6.45) is 0.0842. The number of rotatable bonds is 6. The maximum atomic E-state index is 12.8. The van der Waals surface area contributed by atoms with Crippen LogP contribution in [-0.4, -0.2) is 55.5 Å². The quantitative estimate of drug-likeness (QED) is 0.754. The molecule has 0 aromatic heterocycles. The Morgan fingerprint density at radius 2 is 1.59 bits per heavy atom. The molecule has 2 amide bonds. The Labute approximate surface area is 172 Å². The number of carbonyl (C=O) groups excluding carboxylic acids is 2. The van der Waals surface area contributed by atoms with Gasteiger partial charge in [-0.2, -0.15) is 0 Å². The van der Waals surface area contributed by atoms with Crippen molar-refractivity contribution in [2.24, 2.45) is 0 Å². The van der Waals surface area contributed by atoms with Gasteiger partial charge in [0.15, 0.2) is 0 Å². The molecule has 1 fully saturated rings. The molecule has 0 saturated carbocycles. The molecule has 2 aromatic carbocycles. The van der Waals surface area contributed by atoms with Gasteiger partial charge < -0.3 is 19.4 Å². The highest BCUT2D eigenvalue weighted by atomic mass is 16.5. The highest BCUT2D eigenvalue weighted by Gasteiger charge is 2.24. The maximum absolute atomic E-state index is 12.8. The van der Waals surface area contributed by atoms with Crippen molar-refractivity contribution in [3.05, 3.63) is 54.6 Å². The molecule has 1 aliphatic heterocycles. The minimum Gasteiger partial charge on any atom is -0.491 e. The second-order valence-corrected chi connectivity index (χ2v) is 7.47. The first-order valence-electron chi connectivity index (χ1n) is 10.1. The van der Waals surface area contributed by atoms with Crippen molar-refractivity contribution < 1.29 is 14.3 Å². The lowest BCUT2D eigenvalue weighted by Crippen LogP contribution is -2.51. The molecule has 3 rings (SSSR count). The van der Waals surface area contributed by atoms with Gasteiger partial charge in [-0.25, -0.2) is 0 Å². The number of piperazine rings is 1. The number of hydrogen-bond donors (Lipinski definition) is 0. The van der Waals surface area contributed by atoms with E-state index in [2.05, 4.69) is 17.0 Å². The molecule has 0 atom stereocenters. The number of anilines is 2. The van der Waals surface area contributed by atoms with Crippen LogP contribution in [0.25, 0.3) is 0 Å². The molecule has 6 nitrogen and oxygen atoms in total. The smallest absolute Gasteiger partial charge is 0.242 e. The van der Waals surface area contributed by atoms with Crippen LogP contribution < -0.4 is 14.5 Å². The van der Waals surface area contributed by atoms with Gasteiger partial charge in [0.1, 0.15) is 12.3 Å². The zero-order chi connectivity index (χ0) is 20.8. The predicted molar refractivity (Wildman–Crippen MR) is 115 cm³/mol. The molecule has 1 aliphatic rings. The minimum absolute atomic E-state index is 0.0320. The van der Waals surface area contributed by atoms with Gasteiger partial charge in [-0.15, -0.1) is 0 Å². The molecule has 0 unspecified atom stereocenters. The molecular weight excluding hydrogens is 366 g/mol. The SMILES string of the molecule is CC(=O)N(CC(=O)N1CCN(c2ccccc2)CC1)c1ccc(OC(C)C)cc1. The van der Waals surface area contributed by atoms with Gasteiger partial charge in [0.05, 0.1) is 6.10 Å². The van der Waals surface area contributed by atoms with Crippen molar-refractivity contribution in [3.63, 3.8) is 0 Å². The molecule has 0 bridgehead atoms. The zero-order valence-electron chi connectivity index (χ0n) is 17.4. The molecular formula is C23H29N3O3. The lowest BCUT2D eigenvalue weighted by Gasteiger charge is -2.37. The van der Waals surface area contributed by atoms with Crippen molar-refractivity contribution in [2.45, 2.75) is 26.9 Å². The third-order valence-electron chi connectivity index (χ3n) is 4.95. The summed E-state index contributed by atoms with van der Waals surface area (Å²) in [7, 11) is 0. The number of carbonyl (C=O) groups is 2. The third-order valence-corrected chi connectivity index (χ3v) is 4.95. The molecule has 154 valence electrons. The van der Waals surface area contributed by atoms with Crippen LogP contribution in [0.15, 0.2) is 54.6 Å². The Kier molecular flexibility index (Phi) is 6.75. The number of benzene rings is 2. The molecule has 2 aromatic rings. The fourth-order valence-electron chi connectivity index (χ4n) is 3.45. The topological polar surface area (TPSA) is 53.1 Å². The number of hydrogen-bond acceptors (Lipinski definition) is 4. The number of para-hydroxylation sites is 1. The van der Waals surface area contributed by atoms with Gasteiger partial charge in [0.25, 0.3) is 0 Å². The van der Waals surface area contributed by atoms with Crippen LogP contribution in [0, 0.1) is 0 Å². The Balaban J connectivity index is 1.59. The van der Waals surface area contributed by atoms with E-state index in [1.807, 2.05) is 61.2 Å². The lowest BCUT2D eigenvalue weighted by molar-refractivity contribution is -0.131. The van der Waals surface area contributed by atoms with Crippen molar-refractivity contribution in [3.8, 4) is 5.75 Å². The maximum Gasteiger partial charge on any atom is 0.242 e. The summed E-state index contributed by atoms with van der Waals surface area (Å²) in [4.78, 5) is 30.6. The Morgan fingerprint density at radius 3 is 2.14 bits per heavy atom. The lowest BCUT2D eigenvalue weighted by atomic mass is 10.2. The summed E-state index contributed by atoms with van der Waals surface area (Å²) in [5.41, 5.74) is 1.87. The van der Waals surface area contributed by atoms with Crippen LogP contribution in [0.2, 0.25) is 0 Å². The number of nitrogens with zero attached hydrogens (tertiary/aromatic N) is 3. The molecule has 29 heavy (non-hydrogen) atoms. The molecule has 0 spiro atoms. The van der Waals surface area contributed by atoms with E-state index in [4.69, 9.17) is 4.74 Å². The molecule has 6 heteroatoms. The third kappa shape index (κ3) is 5.50. The summed E-state index contributed by atoms with van der Waals surface area (Å²) >= 11 is 0. The summed E-state index contributed by atoms with van der Waals surface area (Å²) in [6, 6.07) is 17.5. The average Bonchev–Trinajstić information content (AvgIpc) is 2.73. The monoisotopic (exact) mass is 395 g/mol. The molecule has 1 saturated heterocycles. The van der Waals surface area contributed by atoms with Crippen LogP contribution in [0.5, 0.6) is 5.75 Å². The van der Waals surface area contributed by atoms with Crippen LogP contribution in [0.1, 0.15) is 20.8 Å². The highest BCUT2D eigenvalue weighted by Crippen LogP contribution is 2.21. The summed E-state index contributed by atoms with van der Waals surface area (Å²) in [5.74, 6) is 0.560. The molecule has 0 aliphatic carbocycles. The van der Waals surface area contributed by atoms with Crippen LogP contribution in [0.3, 0.4) is 0 Å². The van der Waals surface area contributed by atoms with Gasteiger partial charge in [-0.1, -0.05) is 18.2 Å². The van der Waals surface area contributed by atoms with E-state index < -0.39 is 0 Å². The average molecular weight is 396 g/mol. The summed E-state index contributed by atoms with van der Waals surface area (Å²) < 4.78 is 5.65. The first kappa shape index (κ1) is 20.7. The second kappa shape index (κ2) is 9.45. The highest BCUT2D eigenvalue weighted by molar-refractivity contribution is 5.97. The second-order valence-electron chi connectivity index (χ2n) is 7.47.